The van der Waals surface area contributed by atoms with Gasteiger partial charge in [0.15, 0.2) is 0 Å². The summed E-state index contributed by atoms with van der Waals surface area (Å²) < 4.78 is 0. The molecule has 4 heteroatoms. The molecule has 31 heavy (non-hydrogen) atoms. The van der Waals surface area contributed by atoms with Crippen molar-refractivity contribution >= 4 is 17.2 Å². The maximum absolute atomic E-state index is 5.05. The lowest BCUT2D eigenvalue weighted by Crippen LogP contribution is -2.34. The van der Waals surface area contributed by atoms with Crippen LogP contribution in [0, 0.1) is 6.92 Å². The number of nitrogens with zero attached hydrogens (tertiary/aromatic N) is 2. The van der Waals surface area contributed by atoms with Crippen molar-refractivity contribution in [3.05, 3.63) is 90.1 Å². The standard InChI is InChI=1S/C27H29N3S/c1-4-6-13-24-29-25(21-12-10-11-20(3)18-21)26(31-24)22-14-17-28-23(19-22)30-27(5-2)15-8-7-9-16-27/h5,7-12,14-15,17-19H,2,4,6,13,16H2,1,3H3,(H,28,30)/t27-/m1/s1. The molecule has 158 valence electrons. The lowest BCUT2D eigenvalue weighted by Gasteiger charge is -2.29. The number of anilines is 1. The molecule has 0 spiro atoms. The van der Waals surface area contributed by atoms with Gasteiger partial charge < -0.3 is 5.32 Å². The van der Waals surface area contributed by atoms with E-state index in [9.17, 15) is 0 Å². The molecule has 2 aromatic heterocycles. The van der Waals surface area contributed by atoms with E-state index in [4.69, 9.17) is 4.98 Å². The zero-order chi connectivity index (χ0) is 21.7. The molecule has 2 heterocycles. The molecule has 1 aliphatic rings. The summed E-state index contributed by atoms with van der Waals surface area (Å²) >= 11 is 1.80. The first-order valence-electron chi connectivity index (χ1n) is 10.9. The Labute approximate surface area is 189 Å². The van der Waals surface area contributed by atoms with Crippen LogP contribution in [0.15, 0.2) is 79.6 Å². The van der Waals surface area contributed by atoms with E-state index in [0.717, 1.165) is 36.3 Å². The van der Waals surface area contributed by atoms with Gasteiger partial charge in [0, 0.05) is 11.8 Å². The lowest BCUT2D eigenvalue weighted by molar-refractivity contribution is 0.712. The fraction of sp³-hybridized carbons (Fsp3) is 0.259. The van der Waals surface area contributed by atoms with Crippen LogP contribution in [0.1, 0.15) is 36.8 Å². The topological polar surface area (TPSA) is 37.8 Å². The molecule has 0 saturated carbocycles. The van der Waals surface area contributed by atoms with E-state index >= 15 is 0 Å². The SMILES string of the molecule is C=C[C@@]1(Nc2cc(-c3sc(CCCC)nc3-c3cccc(C)c3)ccn2)C=CC=CC1. The molecule has 1 atom stereocenters. The fourth-order valence-corrected chi connectivity index (χ4v) is 4.92. The van der Waals surface area contributed by atoms with Crippen LogP contribution in [-0.2, 0) is 6.42 Å². The van der Waals surface area contributed by atoms with Crippen LogP contribution >= 0.6 is 11.3 Å². The van der Waals surface area contributed by atoms with E-state index in [1.165, 1.54) is 27.4 Å². The van der Waals surface area contributed by atoms with Gasteiger partial charge in [0.05, 0.1) is 21.1 Å². The largest absolute Gasteiger partial charge is 0.357 e. The summed E-state index contributed by atoms with van der Waals surface area (Å²) in [6.07, 6.45) is 16.4. The smallest absolute Gasteiger partial charge is 0.127 e. The number of rotatable bonds is 8. The molecule has 4 rings (SSSR count). The minimum Gasteiger partial charge on any atom is -0.357 e. The number of nitrogens with one attached hydrogen (secondary N) is 1. The first-order valence-corrected chi connectivity index (χ1v) is 11.7. The number of allylic oxidation sites excluding steroid dienone is 2. The second-order valence-electron chi connectivity index (χ2n) is 8.05. The maximum atomic E-state index is 5.05. The van der Waals surface area contributed by atoms with Crippen LogP contribution in [0.2, 0.25) is 0 Å². The van der Waals surface area contributed by atoms with Crippen molar-refractivity contribution in [2.24, 2.45) is 0 Å². The second-order valence-corrected chi connectivity index (χ2v) is 9.13. The number of aromatic nitrogens is 2. The van der Waals surface area contributed by atoms with Gasteiger partial charge in [-0.3, -0.25) is 0 Å². The van der Waals surface area contributed by atoms with Gasteiger partial charge >= 0.3 is 0 Å². The van der Waals surface area contributed by atoms with Crippen molar-refractivity contribution in [2.75, 3.05) is 5.32 Å². The molecule has 0 radical (unpaired) electrons. The number of thiazole rings is 1. The highest BCUT2D eigenvalue weighted by molar-refractivity contribution is 7.15. The van der Waals surface area contributed by atoms with Gasteiger partial charge in [0.1, 0.15) is 5.82 Å². The number of unbranched alkanes of at least 4 members (excludes halogenated alkanes) is 1. The third-order valence-electron chi connectivity index (χ3n) is 5.55. The first-order chi connectivity index (χ1) is 15.1. The maximum Gasteiger partial charge on any atom is 0.127 e. The lowest BCUT2D eigenvalue weighted by atomic mass is 9.91. The highest BCUT2D eigenvalue weighted by Gasteiger charge is 2.24. The van der Waals surface area contributed by atoms with Gasteiger partial charge in [-0.2, -0.15) is 0 Å². The van der Waals surface area contributed by atoms with Crippen molar-refractivity contribution in [2.45, 2.75) is 45.1 Å². The number of aryl methyl sites for hydroxylation is 2. The average molecular weight is 428 g/mol. The Balaban J connectivity index is 1.72. The van der Waals surface area contributed by atoms with Crippen LogP contribution in [0.3, 0.4) is 0 Å². The highest BCUT2D eigenvalue weighted by atomic mass is 32.1. The molecule has 3 aromatic rings. The zero-order valence-electron chi connectivity index (χ0n) is 18.3. The quantitative estimate of drug-likeness (QED) is 0.381. The second kappa shape index (κ2) is 9.44. The Morgan fingerprint density at radius 1 is 1.19 bits per heavy atom. The molecular weight excluding hydrogens is 398 g/mol. The molecular formula is C27H29N3S. The molecule has 1 aromatic carbocycles. The number of pyridine rings is 1. The summed E-state index contributed by atoms with van der Waals surface area (Å²) in [7, 11) is 0. The minimum absolute atomic E-state index is 0.306. The third-order valence-corrected chi connectivity index (χ3v) is 6.71. The number of benzene rings is 1. The Kier molecular flexibility index (Phi) is 6.47. The molecule has 0 bridgehead atoms. The van der Waals surface area contributed by atoms with E-state index in [2.05, 4.69) is 91.4 Å². The molecule has 1 N–H and O–H groups in total. The van der Waals surface area contributed by atoms with Gasteiger partial charge in [0.25, 0.3) is 0 Å². The molecule has 3 nitrogen and oxygen atoms in total. The van der Waals surface area contributed by atoms with Gasteiger partial charge in [-0.05, 0) is 49.9 Å². The van der Waals surface area contributed by atoms with Crippen LogP contribution in [0.4, 0.5) is 5.82 Å². The molecule has 0 amide bonds. The average Bonchev–Trinajstić information content (AvgIpc) is 3.23. The van der Waals surface area contributed by atoms with Crippen LogP contribution in [0.5, 0.6) is 0 Å². The van der Waals surface area contributed by atoms with Gasteiger partial charge in [-0.15, -0.1) is 17.9 Å². The summed E-state index contributed by atoms with van der Waals surface area (Å²) in [4.78, 5) is 10.8. The molecule has 0 fully saturated rings. The molecule has 1 aliphatic carbocycles. The highest BCUT2D eigenvalue weighted by Crippen LogP contribution is 2.38. The number of hydrogen-bond donors (Lipinski definition) is 1. The Bertz CT molecular complexity index is 1130. The van der Waals surface area contributed by atoms with E-state index in [1.807, 2.05) is 12.3 Å². The van der Waals surface area contributed by atoms with E-state index in [-0.39, 0.29) is 5.54 Å². The first kappa shape index (κ1) is 21.3. The Morgan fingerprint density at radius 2 is 2.10 bits per heavy atom. The summed E-state index contributed by atoms with van der Waals surface area (Å²) in [6.45, 7) is 8.39. The van der Waals surface area contributed by atoms with Crippen molar-refractivity contribution < 1.29 is 0 Å². The van der Waals surface area contributed by atoms with E-state index in [1.54, 1.807) is 11.3 Å². The molecule has 0 unspecified atom stereocenters. The Hall–Kier alpha value is -2.98. The Morgan fingerprint density at radius 3 is 2.84 bits per heavy atom. The van der Waals surface area contributed by atoms with Crippen LogP contribution in [-0.4, -0.2) is 15.5 Å². The van der Waals surface area contributed by atoms with E-state index in [0.29, 0.717) is 0 Å². The predicted octanol–water partition coefficient (Wildman–Crippen LogP) is 7.38. The van der Waals surface area contributed by atoms with Crippen molar-refractivity contribution in [1.29, 1.82) is 0 Å². The number of hydrogen-bond acceptors (Lipinski definition) is 4. The van der Waals surface area contributed by atoms with Gasteiger partial charge in [0.2, 0.25) is 0 Å². The summed E-state index contributed by atoms with van der Waals surface area (Å²) in [5.74, 6) is 0.844. The van der Waals surface area contributed by atoms with Gasteiger partial charge in [-0.1, -0.05) is 67.5 Å². The normalized spacial score (nSPS) is 17.6. The van der Waals surface area contributed by atoms with Crippen molar-refractivity contribution in [3.8, 4) is 21.7 Å². The summed E-state index contributed by atoms with van der Waals surface area (Å²) in [5, 5.41) is 4.78. The third kappa shape index (κ3) is 4.86. The van der Waals surface area contributed by atoms with Crippen molar-refractivity contribution in [3.63, 3.8) is 0 Å². The summed E-state index contributed by atoms with van der Waals surface area (Å²) in [5.41, 5.74) is 4.32. The molecule has 0 aliphatic heterocycles. The summed E-state index contributed by atoms with van der Waals surface area (Å²) in [6, 6.07) is 12.8. The fourth-order valence-electron chi connectivity index (χ4n) is 3.79. The predicted molar refractivity (Wildman–Crippen MR) is 134 cm³/mol. The zero-order valence-corrected chi connectivity index (χ0v) is 19.1. The minimum atomic E-state index is -0.306. The van der Waals surface area contributed by atoms with E-state index < -0.39 is 0 Å². The van der Waals surface area contributed by atoms with Crippen LogP contribution in [0.25, 0.3) is 21.7 Å². The van der Waals surface area contributed by atoms with Crippen LogP contribution < -0.4 is 5.32 Å². The van der Waals surface area contributed by atoms with Crippen molar-refractivity contribution in [1.82, 2.24) is 9.97 Å². The van der Waals surface area contributed by atoms with Gasteiger partial charge in [-0.25, -0.2) is 9.97 Å². The molecule has 0 saturated heterocycles. The monoisotopic (exact) mass is 427 g/mol.